The second-order valence-electron chi connectivity index (χ2n) is 4.65. The second kappa shape index (κ2) is 6.71. The first kappa shape index (κ1) is 13.3. The first-order chi connectivity index (χ1) is 8.86. The molecule has 2 unspecified atom stereocenters. The van der Waals surface area contributed by atoms with Crippen LogP contribution in [0, 0.1) is 5.92 Å². The standard InChI is InChI=1S/C14H22N2O2/c1-3-7-15-13(11-6-9-18-10-11)14-12(17-2)5-4-8-16-14/h4-5,8,11,13,15H,3,6-7,9-10H2,1-2H3. The molecule has 2 heterocycles. The van der Waals surface area contributed by atoms with Crippen LogP contribution in [0.4, 0.5) is 0 Å². The number of pyridine rings is 1. The summed E-state index contributed by atoms with van der Waals surface area (Å²) in [7, 11) is 1.70. The van der Waals surface area contributed by atoms with Crippen molar-refractivity contribution >= 4 is 0 Å². The van der Waals surface area contributed by atoms with Crippen molar-refractivity contribution in [3.05, 3.63) is 24.0 Å². The molecule has 0 spiro atoms. The van der Waals surface area contributed by atoms with Gasteiger partial charge in [0.15, 0.2) is 0 Å². The van der Waals surface area contributed by atoms with E-state index in [-0.39, 0.29) is 6.04 Å². The van der Waals surface area contributed by atoms with Gasteiger partial charge in [-0.1, -0.05) is 6.92 Å². The number of aromatic nitrogens is 1. The van der Waals surface area contributed by atoms with Gasteiger partial charge in [-0.2, -0.15) is 0 Å². The molecular weight excluding hydrogens is 228 g/mol. The van der Waals surface area contributed by atoms with E-state index >= 15 is 0 Å². The lowest BCUT2D eigenvalue weighted by molar-refractivity contribution is 0.175. The van der Waals surface area contributed by atoms with Crippen LogP contribution in [-0.2, 0) is 4.74 Å². The van der Waals surface area contributed by atoms with E-state index in [0.29, 0.717) is 5.92 Å². The van der Waals surface area contributed by atoms with Crippen LogP contribution in [-0.4, -0.2) is 31.9 Å². The van der Waals surface area contributed by atoms with Crippen LogP contribution in [0.5, 0.6) is 5.75 Å². The van der Waals surface area contributed by atoms with E-state index in [0.717, 1.165) is 44.0 Å². The molecule has 0 saturated carbocycles. The average molecular weight is 250 g/mol. The number of methoxy groups -OCH3 is 1. The number of nitrogens with one attached hydrogen (secondary N) is 1. The third-order valence-electron chi connectivity index (χ3n) is 3.36. The smallest absolute Gasteiger partial charge is 0.141 e. The maximum Gasteiger partial charge on any atom is 0.141 e. The first-order valence-corrected chi connectivity index (χ1v) is 6.66. The summed E-state index contributed by atoms with van der Waals surface area (Å²) in [6, 6.07) is 4.10. The molecule has 4 heteroatoms. The normalized spacial score (nSPS) is 20.9. The van der Waals surface area contributed by atoms with Crippen molar-refractivity contribution in [2.24, 2.45) is 5.92 Å². The van der Waals surface area contributed by atoms with Crippen LogP contribution < -0.4 is 10.1 Å². The lowest BCUT2D eigenvalue weighted by Gasteiger charge is -2.24. The number of hydrogen-bond acceptors (Lipinski definition) is 4. The van der Waals surface area contributed by atoms with Crippen molar-refractivity contribution < 1.29 is 9.47 Å². The third kappa shape index (κ3) is 3.00. The zero-order valence-corrected chi connectivity index (χ0v) is 11.2. The Labute approximate surface area is 109 Å². The summed E-state index contributed by atoms with van der Waals surface area (Å²) in [6.45, 7) is 4.82. The molecule has 0 radical (unpaired) electrons. The minimum Gasteiger partial charge on any atom is -0.495 e. The van der Waals surface area contributed by atoms with Gasteiger partial charge in [0.05, 0.1) is 25.5 Å². The third-order valence-corrected chi connectivity index (χ3v) is 3.36. The average Bonchev–Trinajstić information content (AvgIpc) is 2.94. The predicted octanol–water partition coefficient (Wildman–Crippen LogP) is 2.17. The topological polar surface area (TPSA) is 43.4 Å². The molecule has 1 aliphatic heterocycles. The SMILES string of the molecule is CCCNC(c1ncccc1OC)C1CCOC1. The van der Waals surface area contributed by atoms with E-state index in [1.807, 2.05) is 18.3 Å². The first-order valence-electron chi connectivity index (χ1n) is 6.66. The fraction of sp³-hybridized carbons (Fsp3) is 0.643. The zero-order valence-electron chi connectivity index (χ0n) is 11.2. The van der Waals surface area contributed by atoms with Crippen molar-refractivity contribution in [2.45, 2.75) is 25.8 Å². The van der Waals surface area contributed by atoms with Crippen LogP contribution >= 0.6 is 0 Å². The van der Waals surface area contributed by atoms with E-state index in [1.54, 1.807) is 7.11 Å². The highest BCUT2D eigenvalue weighted by Gasteiger charge is 2.29. The van der Waals surface area contributed by atoms with Crippen molar-refractivity contribution in [3.8, 4) is 5.75 Å². The van der Waals surface area contributed by atoms with Crippen LogP contribution in [0.2, 0.25) is 0 Å². The molecule has 1 N–H and O–H groups in total. The number of ether oxygens (including phenoxy) is 2. The molecule has 0 aromatic carbocycles. The highest BCUT2D eigenvalue weighted by molar-refractivity contribution is 5.30. The summed E-state index contributed by atoms with van der Waals surface area (Å²) in [5.41, 5.74) is 1.00. The number of hydrogen-bond donors (Lipinski definition) is 1. The Kier molecular flexibility index (Phi) is 4.96. The van der Waals surface area contributed by atoms with Gasteiger partial charge < -0.3 is 14.8 Å². The van der Waals surface area contributed by atoms with Gasteiger partial charge in [0, 0.05) is 18.7 Å². The Bertz CT molecular complexity index is 365. The van der Waals surface area contributed by atoms with Gasteiger partial charge in [0.2, 0.25) is 0 Å². The van der Waals surface area contributed by atoms with Gasteiger partial charge in [-0.25, -0.2) is 0 Å². The summed E-state index contributed by atoms with van der Waals surface area (Å²) in [6.07, 6.45) is 4.02. The summed E-state index contributed by atoms with van der Waals surface area (Å²) in [5, 5.41) is 3.58. The van der Waals surface area contributed by atoms with E-state index in [9.17, 15) is 0 Å². The van der Waals surface area contributed by atoms with Gasteiger partial charge in [0.1, 0.15) is 5.75 Å². The maximum absolute atomic E-state index is 5.50. The van der Waals surface area contributed by atoms with Crippen molar-refractivity contribution in [1.82, 2.24) is 10.3 Å². The highest BCUT2D eigenvalue weighted by atomic mass is 16.5. The summed E-state index contributed by atoms with van der Waals surface area (Å²) in [4.78, 5) is 4.50. The molecule has 1 saturated heterocycles. The van der Waals surface area contributed by atoms with Crippen LogP contribution in [0.3, 0.4) is 0 Å². The Hall–Kier alpha value is -1.13. The molecule has 0 bridgehead atoms. The van der Waals surface area contributed by atoms with Gasteiger partial charge in [-0.05, 0) is 31.5 Å². The monoisotopic (exact) mass is 250 g/mol. The molecule has 1 aliphatic rings. The Morgan fingerprint density at radius 2 is 2.50 bits per heavy atom. The Morgan fingerprint density at radius 3 is 3.17 bits per heavy atom. The fourth-order valence-electron chi connectivity index (χ4n) is 2.41. The predicted molar refractivity (Wildman–Crippen MR) is 70.7 cm³/mol. The van der Waals surface area contributed by atoms with E-state index in [4.69, 9.17) is 9.47 Å². The summed E-state index contributed by atoms with van der Waals surface area (Å²) >= 11 is 0. The molecule has 0 aliphatic carbocycles. The van der Waals surface area contributed by atoms with Crippen molar-refractivity contribution in [3.63, 3.8) is 0 Å². The highest BCUT2D eigenvalue weighted by Crippen LogP contribution is 2.32. The maximum atomic E-state index is 5.50. The lowest BCUT2D eigenvalue weighted by Crippen LogP contribution is -2.30. The van der Waals surface area contributed by atoms with Gasteiger partial charge in [-0.15, -0.1) is 0 Å². The molecule has 1 fully saturated rings. The Morgan fingerprint density at radius 1 is 1.61 bits per heavy atom. The minimum atomic E-state index is 0.226. The van der Waals surface area contributed by atoms with Gasteiger partial charge in [-0.3, -0.25) is 4.98 Å². The summed E-state index contributed by atoms with van der Waals surface area (Å²) < 4.78 is 10.9. The van der Waals surface area contributed by atoms with E-state index in [1.165, 1.54) is 0 Å². The quantitative estimate of drug-likeness (QED) is 0.840. The van der Waals surface area contributed by atoms with Crippen LogP contribution in [0.25, 0.3) is 0 Å². The summed E-state index contributed by atoms with van der Waals surface area (Å²) in [5.74, 6) is 1.35. The largest absolute Gasteiger partial charge is 0.495 e. The lowest BCUT2D eigenvalue weighted by atomic mass is 9.95. The number of rotatable bonds is 6. The molecule has 1 aromatic rings. The molecule has 0 amide bonds. The van der Waals surface area contributed by atoms with E-state index in [2.05, 4.69) is 17.2 Å². The van der Waals surface area contributed by atoms with Crippen molar-refractivity contribution in [1.29, 1.82) is 0 Å². The fourth-order valence-corrected chi connectivity index (χ4v) is 2.41. The molecule has 100 valence electrons. The minimum absolute atomic E-state index is 0.226. The van der Waals surface area contributed by atoms with Gasteiger partial charge >= 0.3 is 0 Å². The number of nitrogens with zero attached hydrogens (tertiary/aromatic N) is 1. The Balaban J connectivity index is 2.20. The molecule has 2 rings (SSSR count). The van der Waals surface area contributed by atoms with Gasteiger partial charge in [0.25, 0.3) is 0 Å². The van der Waals surface area contributed by atoms with E-state index < -0.39 is 0 Å². The molecular formula is C14H22N2O2. The molecule has 4 nitrogen and oxygen atoms in total. The molecule has 1 aromatic heterocycles. The zero-order chi connectivity index (χ0) is 12.8. The molecule has 18 heavy (non-hydrogen) atoms. The van der Waals surface area contributed by atoms with Crippen LogP contribution in [0.1, 0.15) is 31.5 Å². The van der Waals surface area contributed by atoms with Crippen LogP contribution in [0.15, 0.2) is 18.3 Å². The second-order valence-corrected chi connectivity index (χ2v) is 4.65. The molecule has 2 atom stereocenters. The van der Waals surface area contributed by atoms with Crippen molar-refractivity contribution in [2.75, 3.05) is 26.9 Å².